The summed E-state index contributed by atoms with van der Waals surface area (Å²) in [4.78, 5) is 32.4. The maximum Gasteiger partial charge on any atom is 0.336 e. The highest BCUT2D eigenvalue weighted by Gasteiger charge is 2.52. The lowest BCUT2D eigenvalue weighted by Crippen LogP contribution is -2.44. The van der Waals surface area contributed by atoms with E-state index in [0.717, 1.165) is 25.3 Å². The van der Waals surface area contributed by atoms with E-state index >= 15 is 0 Å². The van der Waals surface area contributed by atoms with Crippen molar-refractivity contribution in [1.82, 2.24) is 0 Å². The lowest BCUT2D eigenvalue weighted by molar-refractivity contribution is -0.171. The third-order valence-electron chi connectivity index (χ3n) is 2.35. The second kappa shape index (κ2) is 6.67. The summed E-state index contributed by atoms with van der Waals surface area (Å²) in [5, 5.41) is 26.3. The van der Waals surface area contributed by atoms with Crippen LogP contribution in [0.4, 0.5) is 0 Å². The highest BCUT2D eigenvalue weighted by molar-refractivity contribution is 6.18. The minimum Gasteiger partial charge on any atom is -0.480 e. The minimum absolute atomic E-state index is 0.462. The molecular weight excluding hydrogens is 228 g/mol. The molecule has 0 heterocycles. The summed E-state index contributed by atoms with van der Waals surface area (Å²) >= 11 is 0. The molecule has 0 atom stereocenters. The summed E-state index contributed by atoms with van der Waals surface area (Å²) in [7, 11) is 0. The van der Waals surface area contributed by atoms with Gasteiger partial charge < -0.3 is 15.3 Å². The van der Waals surface area contributed by atoms with Crippen LogP contribution in [0, 0.1) is 5.41 Å². The number of carboxylic acid groups (broad SMARTS) is 3. The highest BCUT2D eigenvalue weighted by atomic mass is 16.4. The van der Waals surface area contributed by atoms with Crippen LogP contribution < -0.4 is 0 Å². The van der Waals surface area contributed by atoms with Gasteiger partial charge in [0.05, 0.1) is 0 Å². The Morgan fingerprint density at radius 3 is 1.82 bits per heavy atom. The molecule has 0 aromatic rings. The molecule has 0 bridgehead atoms. The van der Waals surface area contributed by atoms with Crippen LogP contribution in [-0.4, -0.2) is 33.2 Å². The number of rotatable bonds is 8. The number of carbonyl (C=O) groups is 3. The average Bonchev–Trinajstić information content (AvgIpc) is 2.21. The Kier molecular flexibility index (Phi) is 5.95. The third-order valence-corrected chi connectivity index (χ3v) is 2.35. The fourth-order valence-electron chi connectivity index (χ4n) is 1.26. The molecule has 6 nitrogen and oxygen atoms in total. The summed E-state index contributed by atoms with van der Waals surface area (Å²) < 4.78 is 0. The molecule has 0 aliphatic carbocycles. The molecule has 3 N–H and O–H groups in total. The van der Waals surface area contributed by atoms with Gasteiger partial charge in [0, 0.05) is 0 Å². The first-order valence-corrected chi connectivity index (χ1v) is 5.27. The van der Waals surface area contributed by atoms with Crippen LogP contribution in [0.5, 0.6) is 0 Å². The fourth-order valence-corrected chi connectivity index (χ4v) is 1.26. The summed E-state index contributed by atoms with van der Waals surface area (Å²) in [6.45, 7) is 1.99. The largest absolute Gasteiger partial charge is 0.480 e. The van der Waals surface area contributed by atoms with Gasteiger partial charge in [-0.2, -0.15) is 0 Å². The smallest absolute Gasteiger partial charge is 0.336 e. The predicted octanol–water partition coefficient (Wildman–Crippen LogP) is 1.36. The number of aliphatic carboxylic acids is 3. The molecule has 0 saturated carbocycles. The van der Waals surface area contributed by atoms with Crippen molar-refractivity contribution in [1.29, 1.82) is 0 Å². The summed E-state index contributed by atoms with van der Waals surface area (Å²) in [5.74, 6) is -5.70. The maximum atomic E-state index is 10.8. The molecule has 0 spiro atoms. The molecule has 0 aliphatic heterocycles. The predicted molar refractivity (Wildman–Crippen MR) is 58.6 cm³/mol. The van der Waals surface area contributed by atoms with E-state index in [9.17, 15) is 14.4 Å². The van der Waals surface area contributed by atoms with Crippen molar-refractivity contribution < 1.29 is 29.7 Å². The Bertz CT molecular complexity index is 295. The first-order chi connectivity index (χ1) is 7.89. The molecule has 0 fully saturated rings. The van der Waals surface area contributed by atoms with E-state index in [0.29, 0.717) is 6.42 Å². The Hall–Kier alpha value is -1.85. The zero-order chi connectivity index (χ0) is 13.5. The van der Waals surface area contributed by atoms with Crippen molar-refractivity contribution in [2.24, 2.45) is 5.41 Å². The summed E-state index contributed by atoms with van der Waals surface area (Å²) in [6.07, 6.45) is 5.15. The van der Waals surface area contributed by atoms with E-state index in [1.54, 1.807) is 0 Å². The van der Waals surface area contributed by atoms with Gasteiger partial charge in [-0.1, -0.05) is 25.8 Å². The van der Waals surface area contributed by atoms with Gasteiger partial charge in [-0.25, -0.2) is 0 Å². The van der Waals surface area contributed by atoms with Crippen LogP contribution in [0.3, 0.4) is 0 Å². The Morgan fingerprint density at radius 1 is 1.00 bits per heavy atom. The summed E-state index contributed by atoms with van der Waals surface area (Å²) in [5.41, 5.74) is -2.88. The molecule has 96 valence electrons. The van der Waals surface area contributed by atoms with Gasteiger partial charge in [-0.3, -0.25) is 14.4 Å². The number of allylic oxidation sites excluding steroid dienone is 1. The van der Waals surface area contributed by atoms with E-state index in [2.05, 4.69) is 0 Å². The Morgan fingerprint density at radius 2 is 1.47 bits per heavy atom. The Balaban J connectivity index is 4.88. The van der Waals surface area contributed by atoms with Crippen LogP contribution in [0.1, 0.15) is 32.6 Å². The van der Waals surface area contributed by atoms with Crippen molar-refractivity contribution in [2.75, 3.05) is 0 Å². The number of hydrogen-bond donors (Lipinski definition) is 3. The monoisotopic (exact) mass is 244 g/mol. The topological polar surface area (TPSA) is 112 Å². The molecule has 0 aromatic heterocycles. The van der Waals surface area contributed by atoms with E-state index in [-0.39, 0.29) is 0 Å². The van der Waals surface area contributed by atoms with Crippen LogP contribution in [0.15, 0.2) is 12.2 Å². The van der Waals surface area contributed by atoms with Crippen LogP contribution in [0.2, 0.25) is 0 Å². The second-order valence-electron chi connectivity index (χ2n) is 3.62. The van der Waals surface area contributed by atoms with Crippen molar-refractivity contribution in [2.45, 2.75) is 32.6 Å². The molecule has 17 heavy (non-hydrogen) atoms. The minimum atomic E-state index is -2.88. The average molecular weight is 244 g/mol. The zero-order valence-electron chi connectivity index (χ0n) is 9.55. The first-order valence-electron chi connectivity index (χ1n) is 5.27. The van der Waals surface area contributed by atoms with Gasteiger partial charge in [-0.15, -0.1) is 0 Å². The molecule has 0 aromatic carbocycles. The van der Waals surface area contributed by atoms with Crippen LogP contribution in [-0.2, 0) is 14.4 Å². The summed E-state index contributed by atoms with van der Waals surface area (Å²) in [6, 6.07) is 0. The van der Waals surface area contributed by atoms with Crippen molar-refractivity contribution in [3.8, 4) is 0 Å². The van der Waals surface area contributed by atoms with E-state index in [1.165, 1.54) is 6.08 Å². The van der Waals surface area contributed by atoms with Gasteiger partial charge >= 0.3 is 17.9 Å². The molecular formula is C11H16O6. The van der Waals surface area contributed by atoms with E-state index < -0.39 is 23.3 Å². The SMILES string of the molecule is CCCCCC=CC(C(=O)O)(C(=O)O)C(=O)O. The van der Waals surface area contributed by atoms with Gasteiger partial charge in [0.2, 0.25) is 0 Å². The van der Waals surface area contributed by atoms with Crippen LogP contribution >= 0.6 is 0 Å². The molecule has 0 saturated heterocycles. The Labute approximate surface area is 98.6 Å². The van der Waals surface area contributed by atoms with Crippen molar-refractivity contribution >= 4 is 17.9 Å². The number of unbranched alkanes of at least 4 members (excludes halogenated alkanes) is 3. The third kappa shape index (κ3) is 3.58. The quantitative estimate of drug-likeness (QED) is 0.337. The van der Waals surface area contributed by atoms with E-state index in [1.807, 2.05) is 6.92 Å². The van der Waals surface area contributed by atoms with E-state index in [4.69, 9.17) is 15.3 Å². The lowest BCUT2D eigenvalue weighted by Gasteiger charge is -2.15. The first kappa shape index (κ1) is 15.2. The molecule has 0 radical (unpaired) electrons. The van der Waals surface area contributed by atoms with Crippen LogP contribution in [0.25, 0.3) is 0 Å². The van der Waals surface area contributed by atoms with Crippen molar-refractivity contribution in [3.05, 3.63) is 12.2 Å². The number of carboxylic acids is 3. The zero-order valence-corrected chi connectivity index (χ0v) is 9.55. The fraction of sp³-hybridized carbons (Fsp3) is 0.545. The molecule has 6 heteroatoms. The van der Waals surface area contributed by atoms with Gasteiger partial charge in [0.25, 0.3) is 5.41 Å². The normalized spacial score (nSPS) is 11.6. The number of hydrogen-bond acceptors (Lipinski definition) is 3. The van der Waals surface area contributed by atoms with Gasteiger partial charge in [-0.05, 0) is 18.9 Å². The highest BCUT2D eigenvalue weighted by Crippen LogP contribution is 2.21. The molecule has 0 unspecified atom stereocenters. The van der Waals surface area contributed by atoms with Gasteiger partial charge in [0.1, 0.15) is 0 Å². The lowest BCUT2D eigenvalue weighted by atomic mass is 9.87. The van der Waals surface area contributed by atoms with Crippen molar-refractivity contribution in [3.63, 3.8) is 0 Å². The molecule has 0 rings (SSSR count). The van der Waals surface area contributed by atoms with Gasteiger partial charge in [0.15, 0.2) is 0 Å². The molecule has 0 amide bonds. The molecule has 0 aliphatic rings. The maximum absolute atomic E-state index is 10.8. The second-order valence-corrected chi connectivity index (χ2v) is 3.62. The standard InChI is InChI=1S/C11H16O6/c1-2-3-4-5-6-7-11(8(12)13,9(14)15)10(16)17/h6-7H,2-5H2,1H3,(H,12,13)(H,14,15)(H,16,17).